The predicted octanol–water partition coefficient (Wildman–Crippen LogP) is 1.76. The van der Waals surface area contributed by atoms with Gasteiger partial charge in [-0.3, -0.25) is 9.59 Å². The molecule has 114 valence electrons. The highest BCUT2D eigenvalue weighted by atomic mass is 16.2. The van der Waals surface area contributed by atoms with E-state index in [-0.39, 0.29) is 23.8 Å². The molecule has 0 atom stereocenters. The Kier molecular flexibility index (Phi) is 5.33. The van der Waals surface area contributed by atoms with Gasteiger partial charge >= 0.3 is 0 Å². The topological polar surface area (TPSA) is 70.2 Å². The van der Waals surface area contributed by atoms with Gasteiger partial charge in [-0.1, -0.05) is 13.8 Å². The summed E-state index contributed by atoms with van der Waals surface area (Å²) in [5.74, 6) is -0.140. The van der Waals surface area contributed by atoms with Crippen LogP contribution in [0.4, 0.5) is 5.69 Å². The summed E-state index contributed by atoms with van der Waals surface area (Å²) in [6.45, 7) is 5.59. The summed E-state index contributed by atoms with van der Waals surface area (Å²) in [4.78, 5) is 23.7. The van der Waals surface area contributed by atoms with Crippen LogP contribution in [-0.2, 0) is 4.79 Å². The average molecular weight is 289 g/mol. The van der Waals surface area contributed by atoms with E-state index in [2.05, 4.69) is 16.0 Å². The molecule has 0 bridgehead atoms. The van der Waals surface area contributed by atoms with Gasteiger partial charge in [0.15, 0.2) is 0 Å². The molecule has 1 aliphatic rings. The van der Waals surface area contributed by atoms with Crippen LogP contribution >= 0.6 is 0 Å². The van der Waals surface area contributed by atoms with Crippen molar-refractivity contribution in [1.29, 1.82) is 0 Å². The molecule has 0 aliphatic carbocycles. The fourth-order valence-electron chi connectivity index (χ4n) is 2.23. The number of amides is 2. The zero-order valence-electron chi connectivity index (χ0n) is 12.6. The van der Waals surface area contributed by atoms with Crippen LogP contribution in [0.15, 0.2) is 24.3 Å². The Balaban J connectivity index is 1.91. The molecule has 5 heteroatoms. The molecule has 0 spiro atoms. The number of nitrogens with one attached hydrogen (secondary N) is 3. The molecule has 1 aromatic rings. The first-order valence-electron chi connectivity index (χ1n) is 7.49. The van der Waals surface area contributed by atoms with E-state index in [1.54, 1.807) is 24.3 Å². The van der Waals surface area contributed by atoms with Crippen LogP contribution in [0.3, 0.4) is 0 Å². The van der Waals surface area contributed by atoms with Gasteiger partial charge in [0, 0.05) is 23.2 Å². The number of hydrogen-bond donors (Lipinski definition) is 3. The van der Waals surface area contributed by atoms with Crippen molar-refractivity contribution in [2.45, 2.75) is 32.7 Å². The van der Waals surface area contributed by atoms with Gasteiger partial charge < -0.3 is 16.0 Å². The van der Waals surface area contributed by atoms with E-state index in [1.807, 2.05) is 13.8 Å². The molecular weight excluding hydrogens is 266 g/mol. The molecule has 0 radical (unpaired) electrons. The minimum atomic E-state index is -0.0621. The molecule has 2 rings (SSSR count). The van der Waals surface area contributed by atoms with Gasteiger partial charge in [-0.15, -0.1) is 0 Å². The maximum Gasteiger partial charge on any atom is 0.251 e. The van der Waals surface area contributed by atoms with E-state index in [0.29, 0.717) is 11.3 Å². The summed E-state index contributed by atoms with van der Waals surface area (Å²) in [6.07, 6.45) is 1.93. The molecule has 0 aromatic heterocycles. The van der Waals surface area contributed by atoms with Crippen LogP contribution in [0.5, 0.6) is 0 Å². The lowest BCUT2D eigenvalue weighted by Crippen LogP contribution is -2.42. The number of carbonyl (C=O) groups is 2. The van der Waals surface area contributed by atoms with Gasteiger partial charge in [0.1, 0.15) is 0 Å². The van der Waals surface area contributed by atoms with E-state index >= 15 is 0 Å². The first-order valence-corrected chi connectivity index (χ1v) is 7.49. The highest BCUT2D eigenvalue weighted by molar-refractivity contribution is 5.96. The van der Waals surface area contributed by atoms with Crippen LogP contribution < -0.4 is 16.0 Å². The van der Waals surface area contributed by atoms with E-state index in [4.69, 9.17) is 0 Å². The Hall–Kier alpha value is -1.88. The molecule has 0 unspecified atom stereocenters. The normalized spacial score (nSPS) is 15.8. The third kappa shape index (κ3) is 4.56. The minimum Gasteiger partial charge on any atom is -0.349 e. The molecule has 1 aromatic carbocycles. The van der Waals surface area contributed by atoms with Crippen LogP contribution in [-0.4, -0.2) is 30.9 Å². The number of rotatable bonds is 4. The highest BCUT2D eigenvalue weighted by Gasteiger charge is 2.16. The van der Waals surface area contributed by atoms with E-state index < -0.39 is 0 Å². The van der Waals surface area contributed by atoms with Crippen molar-refractivity contribution in [3.8, 4) is 0 Å². The number of hydrogen-bond acceptors (Lipinski definition) is 3. The van der Waals surface area contributed by atoms with E-state index in [9.17, 15) is 9.59 Å². The lowest BCUT2D eigenvalue weighted by atomic mass is 10.1. The number of anilines is 1. The third-order valence-electron chi connectivity index (χ3n) is 3.61. The van der Waals surface area contributed by atoms with Crippen molar-refractivity contribution in [3.05, 3.63) is 29.8 Å². The Labute approximate surface area is 125 Å². The summed E-state index contributed by atoms with van der Waals surface area (Å²) < 4.78 is 0. The Morgan fingerprint density at radius 1 is 1.14 bits per heavy atom. The van der Waals surface area contributed by atoms with Gasteiger partial charge in [0.25, 0.3) is 5.91 Å². The first-order chi connectivity index (χ1) is 10.1. The van der Waals surface area contributed by atoms with Crippen LogP contribution in [0, 0.1) is 5.92 Å². The van der Waals surface area contributed by atoms with Crippen molar-refractivity contribution >= 4 is 17.5 Å². The van der Waals surface area contributed by atoms with Crippen molar-refractivity contribution in [2.24, 2.45) is 5.92 Å². The summed E-state index contributed by atoms with van der Waals surface area (Å²) in [5, 5.41) is 9.13. The monoisotopic (exact) mass is 289 g/mol. The van der Waals surface area contributed by atoms with Gasteiger partial charge in [-0.25, -0.2) is 0 Å². The highest BCUT2D eigenvalue weighted by Crippen LogP contribution is 2.12. The summed E-state index contributed by atoms with van der Waals surface area (Å²) >= 11 is 0. The zero-order valence-corrected chi connectivity index (χ0v) is 12.6. The molecule has 21 heavy (non-hydrogen) atoms. The SMILES string of the molecule is CC(C)C(=O)Nc1ccc(C(=O)NC2CCNCC2)cc1. The molecule has 1 saturated heterocycles. The maximum atomic E-state index is 12.1. The van der Waals surface area contributed by atoms with Crippen LogP contribution in [0.2, 0.25) is 0 Å². The van der Waals surface area contributed by atoms with Gasteiger partial charge in [-0.05, 0) is 50.2 Å². The first kappa shape index (κ1) is 15.5. The molecule has 2 amide bonds. The zero-order chi connectivity index (χ0) is 15.2. The largest absolute Gasteiger partial charge is 0.349 e. The third-order valence-corrected chi connectivity index (χ3v) is 3.61. The van der Waals surface area contributed by atoms with Crippen molar-refractivity contribution < 1.29 is 9.59 Å². The molecular formula is C16H23N3O2. The fourth-order valence-corrected chi connectivity index (χ4v) is 2.23. The molecule has 5 nitrogen and oxygen atoms in total. The second-order valence-corrected chi connectivity index (χ2v) is 5.72. The van der Waals surface area contributed by atoms with Gasteiger partial charge in [-0.2, -0.15) is 0 Å². The number of carbonyl (C=O) groups excluding carboxylic acids is 2. The molecule has 0 saturated carbocycles. The van der Waals surface area contributed by atoms with Crippen LogP contribution in [0.25, 0.3) is 0 Å². The summed E-state index contributed by atoms with van der Waals surface area (Å²) in [6, 6.07) is 7.26. The lowest BCUT2D eigenvalue weighted by molar-refractivity contribution is -0.118. The van der Waals surface area contributed by atoms with Gasteiger partial charge in [0.05, 0.1) is 0 Å². The smallest absolute Gasteiger partial charge is 0.251 e. The molecule has 3 N–H and O–H groups in total. The standard InChI is InChI=1S/C16H23N3O2/c1-11(2)15(20)18-13-5-3-12(4-6-13)16(21)19-14-7-9-17-10-8-14/h3-6,11,14,17H,7-10H2,1-2H3,(H,18,20)(H,19,21). The molecule has 1 fully saturated rings. The second kappa shape index (κ2) is 7.22. The average Bonchev–Trinajstić information content (AvgIpc) is 2.48. The quantitative estimate of drug-likeness (QED) is 0.791. The van der Waals surface area contributed by atoms with Crippen molar-refractivity contribution in [2.75, 3.05) is 18.4 Å². The number of benzene rings is 1. The fraction of sp³-hybridized carbons (Fsp3) is 0.500. The Morgan fingerprint density at radius 2 is 1.76 bits per heavy atom. The van der Waals surface area contributed by atoms with E-state index in [0.717, 1.165) is 25.9 Å². The van der Waals surface area contributed by atoms with Crippen molar-refractivity contribution in [3.63, 3.8) is 0 Å². The summed E-state index contributed by atoms with van der Waals surface area (Å²) in [7, 11) is 0. The minimum absolute atomic E-state index is 0.0260. The van der Waals surface area contributed by atoms with E-state index in [1.165, 1.54) is 0 Å². The molecule has 1 heterocycles. The van der Waals surface area contributed by atoms with Crippen LogP contribution in [0.1, 0.15) is 37.0 Å². The predicted molar refractivity (Wildman–Crippen MR) is 83.3 cm³/mol. The van der Waals surface area contributed by atoms with Gasteiger partial charge in [0.2, 0.25) is 5.91 Å². The maximum absolute atomic E-state index is 12.1. The Morgan fingerprint density at radius 3 is 2.33 bits per heavy atom. The Bertz CT molecular complexity index is 491. The number of piperidine rings is 1. The van der Waals surface area contributed by atoms with Crippen molar-refractivity contribution in [1.82, 2.24) is 10.6 Å². The summed E-state index contributed by atoms with van der Waals surface area (Å²) in [5.41, 5.74) is 1.34. The molecule has 1 aliphatic heterocycles. The lowest BCUT2D eigenvalue weighted by Gasteiger charge is -2.23. The second-order valence-electron chi connectivity index (χ2n) is 5.72.